The number of halogens is 5. The number of aromatic nitrogens is 1. The first kappa shape index (κ1) is 13.8. The number of hydrogen-bond donors (Lipinski definition) is 0. The van der Waals surface area contributed by atoms with Gasteiger partial charge in [0.05, 0.1) is 18.1 Å². The van der Waals surface area contributed by atoms with Crippen molar-refractivity contribution in [2.24, 2.45) is 0 Å². The Hall–Kier alpha value is -2.22. The molecule has 0 amide bonds. The fraction of sp³-hybridized carbons (Fsp3) is 0.300. The van der Waals surface area contributed by atoms with Crippen LogP contribution in [0.5, 0.6) is 0 Å². The Morgan fingerprint density at radius 3 is 2.28 bits per heavy atom. The van der Waals surface area contributed by atoms with E-state index in [4.69, 9.17) is 10.5 Å². The average molecular weight is 261 g/mol. The molecule has 1 rings (SSSR count). The lowest BCUT2D eigenvalue weighted by Gasteiger charge is -2.15. The standard InChI is InChI=1S/C10H4F5N3/c11-9(12)6-4-18-7(3-17)8(10(13,14)15)5(6)1-2-16/h4,9H,1H2. The summed E-state index contributed by atoms with van der Waals surface area (Å²) in [5.41, 5.74) is -4.46. The summed E-state index contributed by atoms with van der Waals surface area (Å²) in [7, 11) is 0. The topological polar surface area (TPSA) is 60.5 Å². The first-order chi connectivity index (χ1) is 8.32. The second-order valence-corrected chi connectivity index (χ2v) is 3.16. The van der Waals surface area contributed by atoms with Gasteiger partial charge in [0.2, 0.25) is 0 Å². The molecule has 1 heterocycles. The van der Waals surface area contributed by atoms with E-state index in [1.54, 1.807) is 0 Å². The summed E-state index contributed by atoms with van der Waals surface area (Å²) in [4.78, 5) is 3.06. The van der Waals surface area contributed by atoms with Gasteiger partial charge in [-0.3, -0.25) is 0 Å². The summed E-state index contributed by atoms with van der Waals surface area (Å²) < 4.78 is 63.3. The predicted octanol–water partition coefficient (Wildman–Crippen LogP) is 2.98. The first-order valence-corrected chi connectivity index (χ1v) is 4.47. The van der Waals surface area contributed by atoms with Crippen LogP contribution in [0.15, 0.2) is 6.20 Å². The molecule has 0 aliphatic rings. The Morgan fingerprint density at radius 2 is 1.89 bits per heavy atom. The minimum Gasteiger partial charge on any atom is -0.244 e. The molecule has 0 radical (unpaired) electrons. The number of alkyl halides is 5. The summed E-state index contributed by atoms with van der Waals surface area (Å²) in [5, 5.41) is 16.9. The molecule has 0 N–H and O–H groups in total. The van der Waals surface area contributed by atoms with Crippen LogP contribution < -0.4 is 0 Å². The Balaban J connectivity index is 3.67. The quantitative estimate of drug-likeness (QED) is 0.769. The van der Waals surface area contributed by atoms with E-state index in [1.165, 1.54) is 12.1 Å². The van der Waals surface area contributed by atoms with Gasteiger partial charge in [0, 0.05) is 11.8 Å². The Morgan fingerprint density at radius 1 is 1.28 bits per heavy atom. The van der Waals surface area contributed by atoms with E-state index in [9.17, 15) is 22.0 Å². The molecule has 0 fully saturated rings. The summed E-state index contributed by atoms with van der Waals surface area (Å²) in [6.45, 7) is 0. The highest BCUT2D eigenvalue weighted by Crippen LogP contribution is 2.37. The maximum Gasteiger partial charge on any atom is 0.419 e. The van der Waals surface area contributed by atoms with Gasteiger partial charge in [0.15, 0.2) is 5.69 Å². The predicted molar refractivity (Wildman–Crippen MR) is 48.2 cm³/mol. The van der Waals surface area contributed by atoms with Crippen LogP contribution in [0.4, 0.5) is 22.0 Å². The fourth-order valence-corrected chi connectivity index (χ4v) is 1.41. The normalized spacial score (nSPS) is 11.1. The molecule has 1 aromatic heterocycles. The number of rotatable bonds is 2. The Kier molecular flexibility index (Phi) is 3.82. The van der Waals surface area contributed by atoms with Crippen molar-refractivity contribution in [2.75, 3.05) is 0 Å². The van der Waals surface area contributed by atoms with Crippen LogP contribution in [0, 0.1) is 22.7 Å². The van der Waals surface area contributed by atoms with Gasteiger partial charge in [-0.15, -0.1) is 0 Å². The molecular formula is C10H4F5N3. The zero-order valence-electron chi connectivity index (χ0n) is 8.59. The van der Waals surface area contributed by atoms with E-state index in [-0.39, 0.29) is 0 Å². The van der Waals surface area contributed by atoms with Crippen LogP contribution in [0.3, 0.4) is 0 Å². The van der Waals surface area contributed by atoms with Crippen molar-refractivity contribution in [1.29, 1.82) is 10.5 Å². The van der Waals surface area contributed by atoms with Crippen molar-refractivity contribution in [1.82, 2.24) is 4.98 Å². The van der Waals surface area contributed by atoms with Crippen molar-refractivity contribution in [3.63, 3.8) is 0 Å². The lowest BCUT2D eigenvalue weighted by atomic mass is 9.98. The second-order valence-electron chi connectivity index (χ2n) is 3.16. The third-order valence-electron chi connectivity index (χ3n) is 2.10. The molecule has 0 bridgehead atoms. The van der Waals surface area contributed by atoms with E-state index in [0.29, 0.717) is 6.20 Å². The SMILES string of the molecule is N#CCc1c(C(F)F)cnc(C#N)c1C(F)(F)F. The van der Waals surface area contributed by atoms with Gasteiger partial charge in [-0.1, -0.05) is 0 Å². The minimum atomic E-state index is -5.02. The molecule has 0 saturated heterocycles. The minimum absolute atomic E-state index is 0.491. The summed E-state index contributed by atoms with van der Waals surface area (Å²) in [6.07, 6.45) is -8.60. The van der Waals surface area contributed by atoms with Crippen molar-refractivity contribution in [3.8, 4) is 12.1 Å². The summed E-state index contributed by atoms with van der Waals surface area (Å²) in [6, 6.07) is 2.55. The van der Waals surface area contributed by atoms with E-state index >= 15 is 0 Å². The number of pyridine rings is 1. The van der Waals surface area contributed by atoms with Crippen molar-refractivity contribution < 1.29 is 22.0 Å². The molecule has 18 heavy (non-hydrogen) atoms. The van der Waals surface area contributed by atoms with Gasteiger partial charge in [-0.05, 0) is 5.56 Å². The van der Waals surface area contributed by atoms with Crippen molar-refractivity contribution >= 4 is 0 Å². The van der Waals surface area contributed by atoms with Gasteiger partial charge in [0.25, 0.3) is 6.43 Å². The summed E-state index contributed by atoms with van der Waals surface area (Å²) in [5.74, 6) is 0. The monoisotopic (exact) mass is 261 g/mol. The van der Waals surface area contributed by atoms with Gasteiger partial charge in [0.1, 0.15) is 6.07 Å². The molecule has 94 valence electrons. The molecule has 0 spiro atoms. The van der Waals surface area contributed by atoms with E-state index in [1.807, 2.05) is 0 Å². The number of hydrogen-bond acceptors (Lipinski definition) is 3. The number of nitriles is 2. The zero-order valence-corrected chi connectivity index (χ0v) is 8.59. The largest absolute Gasteiger partial charge is 0.419 e. The molecular weight excluding hydrogens is 257 g/mol. The molecule has 0 unspecified atom stereocenters. The van der Waals surface area contributed by atoms with E-state index in [0.717, 1.165) is 0 Å². The van der Waals surface area contributed by atoms with Crippen LogP contribution in [-0.2, 0) is 12.6 Å². The third-order valence-corrected chi connectivity index (χ3v) is 2.10. The maximum absolute atomic E-state index is 12.7. The van der Waals surface area contributed by atoms with E-state index < -0.39 is 41.4 Å². The van der Waals surface area contributed by atoms with Crippen molar-refractivity contribution in [3.05, 3.63) is 28.6 Å². The Bertz CT molecular complexity index is 536. The van der Waals surface area contributed by atoms with Gasteiger partial charge in [-0.25, -0.2) is 13.8 Å². The molecule has 0 aliphatic heterocycles. The summed E-state index contributed by atoms with van der Waals surface area (Å²) >= 11 is 0. The van der Waals surface area contributed by atoms with Crippen LogP contribution in [-0.4, -0.2) is 4.98 Å². The fourth-order valence-electron chi connectivity index (χ4n) is 1.41. The van der Waals surface area contributed by atoms with Gasteiger partial charge >= 0.3 is 6.18 Å². The molecule has 0 atom stereocenters. The molecule has 3 nitrogen and oxygen atoms in total. The lowest BCUT2D eigenvalue weighted by molar-refractivity contribution is -0.138. The highest BCUT2D eigenvalue weighted by molar-refractivity contribution is 5.45. The van der Waals surface area contributed by atoms with Crippen LogP contribution >= 0.6 is 0 Å². The molecule has 0 aromatic carbocycles. The molecule has 1 aromatic rings. The zero-order chi connectivity index (χ0) is 13.9. The maximum atomic E-state index is 12.7. The van der Waals surface area contributed by atoms with Crippen LogP contribution in [0.25, 0.3) is 0 Å². The van der Waals surface area contributed by atoms with Crippen LogP contribution in [0.2, 0.25) is 0 Å². The molecule has 8 heteroatoms. The number of nitrogens with zero attached hydrogens (tertiary/aromatic N) is 3. The highest BCUT2D eigenvalue weighted by Gasteiger charge is 2.39. The highest BCUT2D eigenvalue weighted by atomic mass is 19.4. The van der Waals surface area contributed by atoms with Gasteiger partial charge < -0.3 is 0 Å². The smallest absolute Gasteiger partial charge is 0.244 e. The van der Waals surface area contributed by atoms with Gasteiger partial charge in [-0.2, -0.15) is 23.7 Å². The van der Waals surface area contributed by atoms with Crippen LogP contribution in [0.1, 0.15) is 28.8 Å². The third kappa shape index (κ3) is 2.54. The molecule has 0 saturated carbocycles. The van der Waals surface area contributed by atoms with E-state index in [2.05, 4.69) is 4.98 Å². The lowest BCUT2D eigenvalue weighted by Crippen LogP contribution is -2.15. The molecule has 0 aliphatic carbocycles. The van der Waals surface area contributed by atoms with Crippen molar-refractivity contribution in [2.45, 2.75) is 19.0 Å². The Labute approximate surface area is 98.1 Å². The second kappa shape index (κ2) is 4.96. The average Bonchev–Trinajstić information content (AvgIpc) is 2.26. The first-order valence-electron chi connectivity index (χ1n) is 4.47.